The number of benzene rings is 1. The normalized spacial score (nSPS) is 25.5. The third-order valence-corrected chi connectivity index (χ3v) is 6.23. The topological polar surface area (TPSA) is 54.2 Å². The summed E-state index contributed by atoms with van der Waals surface area (Å²) >= 11 is 12.5. The molecule has 5 nitrogen and oxygen atoms in total. The SMILES string of the molecule is CC1=CC=CC2N=C(C3=C(C)Nc4ccnn4C3c3ccc(Cl)c(Cl)c3)NC12. The van der Waals surface area contributed by atoms with Crippen LogP contribution in [0.1, 0.15) is 25.5 Å². The number of hydrogen-bond donors (Lipinski definition) is 2. The van der Waals surface area contributed by atoms with Crippen LogP contribution in [0.25, 0.3) is 0 Å². The molecule has 1 aromatic heterocycles. The number of rotatable bonds is 2. The Morgan fingerprint density at radius 2 is 1.96 bits per heavy atom. The number of fused-ring (bicyclic) bond motifs is 2. The Bertz CT molecular complexity index is 1090. The van der Waals surface area contributed by atoms with Gasteiger partial charge in [-0.1, -0.05) is 47.5 Å². The Morgan fingerprint density at radius 1 is 1.11 bits per heavy atom. The lowest BCUT2D eigenvalue weighted by atomic mass is 9.94. The first-order valence-corrected chi connectivity index (χ1v) is 9.94. The minimum Gasteiger partial charge on any atom is -0.361 e. The van der Waals surface area contributed by atoms with Gasteiger partial charge >= 0.3 is 0 Å². The fourth-order valence-electron chi connectivity index (χ4n) is 4.11. The highest BCUT2D eigenvalue weighted by Crippen LogP contribution is 2.39. The maximum absolute atomic E-state index is 6.34. The van der Waals surface area contributed by atoms with E-state index in [1.54, 1.807) is 6.20 Å². The number of aromatic nitrogens is 2. The summed E-state index contributed by atoms with van der Waals surface area (Å²) in [5, 5.41) is 12.7. The molecule has 2 aliphatic heterocycles. The van der Waals surface area contributed by atoms with Crippen LogP contribution < -0.4 is 10.6 Å². The molecule has 7 heteroatoms. The molecule has 1 aromatic carbocycles. The van der Waals surface area contributed by atoms with Crippen LogP contribution in [-0.4, -0.2) is 27.7 Å². The molecule has 0 radical (unpaired) electrons. The van der Waals surface area contributed by atoms with Crippen LogP contribution in [0, 0.1) is 0 Å². The standard InChI is InChI=1S/C21H19Cl2N5/c1-11-4-3-5-16-19(11)27-21(26-16)18-12(2)25-17-8-9-24-28(17)20(18)13-6-7-14(22)15(23)10-13/h3-10,16,19-20,25H,1-2H3,(H,26,27). The largest absolute Gasteiger partial charge is 0.361 e. The van der Waals surface area contributed by atoms with E-state index in [9.17, 15) is 0 Å². The molecule has 3 atom stereocenters. The number of aliphatic imine (C=N–C) groups is 1. The zero-order valence-corrected chi connectivity index (χ0v) is 17.0. The molecule has 0 spiro atoms. The number of nitrogens with one attached hydrogen (secondary N) is 2. The average molecular weight is 412 g/mol. The fourth-order valence-corrected chi connectivity index (χ4v) is 4.41. The number of nitrogens with zero attached hydrogens (tertiary/aromatic N) is 3. The third-order valence-electron chi connectivity index (χ3n) is 5.49. The zero-order valence-electron chi connectivity index (χ0n) is 15.4. The van der Waals surface area contributed by atoms with Crippen LogP contribution in [0.3, 0.4) is 0 Å². The van der Waals surface area contributed by atoms with Gasteiger partial charge in [-0.3, -0.25) is 4.99 Å². The van der Waals surface area contributed by atoms with Gasteiger partial charge in [-0.25, -0.2) is 4.68 Å². The van der Waals surface area contributed by atoms with Crippen molar-refractivity contribution >= 4 is 34.9 Å². The molecule has 0 bridgehead atoms. The molecule has 0 saturated heterocycles. The van der Waals surface area contributed by atoms with Crippen molar-refractivity contribution in [3.63, 3.8) is 0 Å². The highest BCUT2D eigenvalue weighted by molar-refractivity contribution is 6.42. The molecule has 3 aliphatic rings. The average Bonchev–Trinajstić information content (AvgIpc) is 3.30. The Balaban J connectivity index is 1.64. The molecule has 0 saturated carbocycles. The Morgan fingerprint density at radius 3 is 2.75 bits per heavy atom. The van der Waals surface area contributed by atoms with Gasteiger partial charge in [0.05, 0.1) is 28.3 Å². The predicted molar refractivity (Wildman–Crippen MR) is 114 cm³/mol. The quantitative estimate of drug-likeness (QED) is 0.750. The van der Waals surface area contributed by atoms with E-state index in [2.05, 4.69) is 47.8 Å². The van der Waals surface area contributed by atoms with E-state index in [1.807, 2.05) is 28.9 Å². The van der Waals surface area contributed by atoms with Crippen molar-refractivity contribution in [2.75, 3.05) is 5.32 Å². The lowest BCUT2D eigenvalue weighted by Gasteiger charge is -2.31. The van der Waals surface area contributed by atoms with Crippen LogP contribution in [0.2, 0.25) is 10.0 Å². The molecule has 2 N–H and O–H groups in total. The predicted octanol–water partition coefficient (Wildman–Crippen LogP) is 4.73. The van der Waals surface area contributed by atoms with E-state index >= 15 is 0 Å². The smallest absolute Gasteiger partial charge is 0.129 e. The maximum Gasteiger partial charge on any atom is 0.129 e. The summed E-state index contributed by atoms with van der Waals surface area (Å²) in [4.78, 5) is 4.99. The first-order chi connectivity index (χ1) is 13.5. The second kappa shape index (κ2) is 6.54. The maximum atomic E-state index is 6.34. The summed E-state index contributed by atoms with van der Waals surface area (Å²) in [5.41, 5.74) is 4.39. The second-order valence-corrected chi connectivity index (χ2v) is 8.10. The Kier molecular flexibility index (Phi) is 4.11. The van der Waals surface area contributed by atoms with Gasteiger partial charge in [0.2, 0.25) is 0 Å². The highest BCUT2D eigenvalue weighted by Gasteiger charge is 2.37. The van der Waals surface area contributed by atoms with Crippen molar-refractivity contribution < 1.29 is 0 Å². The molecular weight excluding hydrogens is 393 g/mol. The zero-order chi connectivity index (χ0) is 19.4. The Hall–Kier alpha value is -2.50. The molecule has 3 unspecified atom stereocenters. The lowest BCUT2D eigenvalue weighted by molar-refractivity contribution is 0.588. The fraction of sp³-hybridized carbons (Fsp3) is 0.238. The lowest BCUT2D eigenvalue weighted by Crippen LogP contribution is -2.39. The van der Waals surface area contributed by atoms with E-state index in [4.69, 9.17) is 28.2 Å². The number of hydrogen-bond acceptors (Lipinski definition) is 4. The van der Waals surface area contributed by atoms with Crippen LogP contribution in [0.5, 0.6) is 0 Å². The monoisotopic (exact) mass is 411 g/mol. The van der Waals surface area contributed by atoms with E-state index in [0.717, 1.165) is 28.5 Å². The van der Waals surface area contributed by atoms with E-state index in [-0.39, 0.29) is 18.1 Å². The minimum absolute atomic E-state index is 0.105. The molecule has 3 heterocycles. The van der Waals surface area contributed by atoms with Gasteiger partial charge < -0.3 is 10.6 Å². The molecule has 2 aromatic rings. The number of anilines is 1. The van der Waals surface area contributed by atoms with Crippen molar-refractivity contribution in [3.8, 4) is 0 Å². The Labute approximate surface area is 173 Å². The minimum atomic E-state index is -0.152. The van der Waals surface area contributed by atoms with Gasteiger partial charge in [-0.05, 0) is 37.1 Å². The number of amidine groups is 1. The molecule has 0 fully saturated rings. The summed E-state index contributed by atoms with van der Waals surface area (Å²) in [6.45, 7) is 4.20. The van der Waals surface area contributed by atoms with Crippen molar-refractivity contribution in [2.45, 2.75) is 32.0 Å². The van der Waals surface area contributed by atoms with Crippen LogP contribution in [-0.2, 0) is 0 Å². The van der Waals surface area contributed by atoms with Crippen molar-refractivity contribution in [1.29, 1.82) is 0 Å². The van der Waals surface area contributed by atoms with E-state index < -0.39 is 0 Å². The summed E-state index contributed by atoms with van der Waals surface area (Å²) in [7, 11) is 0. The third kappa shape index (κ3) is 2.69. The van der Waals surface area contributed by atoms with Crippen molar-refractivity contribution in [3.05, 3.63) is 81.1 Å². The summed E-state index contributed by atoms with van der Waals surface area (Å²) < 4.78 is 1.96. The van der Waals surface area contributed by atoms with Gasteiger partial charge in [0, 0.05) is 17.3 Å². The van der Waals surface area contributed by atoms with E-state index in [0.29, 0.717) is 10.0 Å². The molecule has 5 rings (SSSR count). The first-order valence-electron chi connectivity index (χ1n) is 9.19. The van der Waals surface area contributed by atoms with Crippen LogP contribution >= 0.6 is 23.2 Å². The van der Waals surface area contributed by atoms with Crippen LogP contribution in [0.15, 0.2) is 70.5 Å². The number of halogens is 2. The molecule has 28 heavy (non-hydrogen) atoms. The van der Waals surface area contributed by atoms with Gasteiger partial charge in [0.15, 0.2) is 0 Å². The highest BCUT2D eigenvalue weighted by atomic mass is 35.5. The molecular formula is C21H19Cl2N5. The van der Waals surface area contributed by atoms with Crippen molar-refractivity contribution in [2.24, 2.45) is 4.99 Å². The van der Waals surface area contributed by atoms with Gasteiger partial charge in [0.1, 0.15) is 17.7 Å². The molecule has 1 aliphatic carbocycles. The van der Waals surface area contributed by atoms with Crippen molar-refractivity contribution in [1.82, 2.24) is 15.1 Å². The van der Waals surface area contributed by atoms with Crippen LogP contribution in [0.4, 0.5) is 5.82 Å². The molecule has 142 valence electrons. The number of allylic oxidation sites excluding steroid dienone is 3. The van der Waals surface area contributed by atoms with Gasteiger partial charge in [-0.15, -0.1) is 0 Å². The second-order valence-electron chi connectivity index (χ2n) is 7.29. The summed E-state index contributed by atoms with van der Waals surface area (Å²) in [5.74, 6) is 1.82. The summed E-state index contributed by atoms with van der Waals surface area (Å²) in [6.07, 6.45) is 8.14. The first kappa shape index (κ1) is 17.6. The molecule has 0 amide bonds. The van der Waals surface area contributed by atoms with Gasteiger partial charge in [-0.2, -0.15) is 5.10 Å². The van der Waals surface area contributed by atoms with Gasteiger partial charge in [0.25, 0.3) is 0 Å². The van der Waals surface area contributed by atoms with E-state index in [1.165, 1.54) is 5.57 Å². The summed E-state index contributed by atoms with van der Waals surface area (Å²) in [6, 6.07) is 7.84.